The fourth-order valence-electron chi connectivity index (χ4n) is 2.38. The summed E-state index contributed by atoms with van der Waals surface area (Å²) in [6.07, 6.45) is 7.11. The summed E-state index contributed by atoms with van der Waals surface area (Å²) in [5.41, 5.74) is 0.693. The molecule has 0 radical (unpaired) electrons. The Labute approximate surface area is 89.7 Å². The summed E-state index contributed by atoms with van der Waals surface area (Å²) >= 11 is 0. The van der Waals surface area contributed by atoms with E-state index in [2.05, 4.69) is 33.0 Å². The van der Waals surface area contributed by atoms with Crippen LogP contribution in [-0.2, 0) is 0 Å². The standard InChI is InChI=1S/C13H27N/c1-5-6-12(4)9-13(7-8-13)10-14-11(2)3/h11-12,14H,5-10H2,1-4H3. The molecule has 0 aromatic heterocycles. The Morgan fingerprint density at radius 2 is 1.86 bits per heavy atom. The van der Waals surface area contributed by atoms with Gasteiger partial charge in [-0.3, -0.25) is 0 Å². The Kier molecular flexibility index (Phi) is 4.43. The molecule has 84 valence electrons. The summed E-state index contributed by atoms with van der Waals surface area (Å²) in [7, 11) is 0. The summed E-state index contributed by atoms with van der Waals surface area (Å²) in [5, 5.41) is 3.60. The van der Waals surface area contributed by atoms with Crippen LogP contribution in [0.5, 0.6) is 0 Å². The van der Waals surface area contributed by atoms with Gasteiger partial charge in [-0.1, -0.05) is 40.5 Å². The van der Waals surface area contributed by atoms with Crippen LogP contribution >= 0.6 is 0 Å². The lowest BCUT2D eigenvalue weighted by molar-refractivity contribution is 0.329. The molecule has 0 aromatic carbocycles. The molecule has 1 nitrogen and oxygen atoms in total. The van der Waals surface area contributed by atoms with Crippen molar-refractivity contribution in [3.8, 4) is 0 Å². The van der Waals surface area contributed by atoms with Crippen LogP contribution in [0.3, 0.4) is 0 Å². The summed E-state index contributed by atoms with van der Waals surface area (Å²) in [6.45, 7) is 10.4. The quantitative estimate of drug-likeness (QED) is 0.657. The van der Waals surface area contributed by atoms with Crippen LogP contribution < -0.4 is 5.32 Å². The van der Waals surface area contributed by atoms with Gasteiger partial charge in [0.15, 0.2) is 0 Å². The Balaban J connectivity index is 2.21. The van der Waals surface area contributed by atoms with Crippen LogP contribution in [0.25, 0.3) is 0 Å². The van der Waals surface area contributed by atoms with Crippen LogP contribution in [0.1, 0.15) is 59.8 Å². The smallest absolute Gasteiger partial charge is 0.00106 e. The van der Waals surface area contributed by atoms with Gasteiger partial charge in [-0.25, -0.2) is 0 Å². The molecule has 1 rings (SSSR count). The molecule has 1 N–H and O–H groups in total. The SMILES string of the molecule is CCCC(C)CC1(CNC(C)C)CC1. The number of nitrogens with one attached hydrogen (secondary N) is 1. The highest BCUT2D eigenvalue weighted by Crippen LogP contribution is 2.50. The van der Waals surface area contributed by atoms with Crippen LogP contribution in [0.15, 0.2) is 0 Å². The van der Waals surface area contributed by atoms with Gasteiger partial charge in [0.1, 0.15) is 0 Å². The minimum atomic E-state index is 0.647. The molecule has 0 heterocycles. The predicted molar refractivity (Wildman–Crippen MR) is 63.5 cm³/mol. The van der Waals surface area contributed by atoms with E-state index in [4.69, 9.17) is 0 Å². The molecular formula is C13H27N. The first-order chi connectivity index (χ1) is 6.58. The first kappa shape index (κ1) is 12.0. The molecule has 1 aliphatic carbocycles. The zero-order valence-corrected chi connectivity index (χ0v) is 10.4. The molecule has 1 atom stereocenters. The van der Waals surface area contributed by atoms with Crippen molar-refractivity contribution in [1.82, 2.24) is 5.32 Å². The third-order valence-electron chi connectivity index (χ3n) is 3.41. The summed E-state index contributed by atoms with van der Waals surface area (Å²) in [4.78, 5) is 0. The largest absolute Gasteiger partial charge is 0.314 e. The first-order valence-electron chi connectivity index (χ1n) is 6.31. The third kappa shape index (κ3) is 4.00. The van der Waals surface area contributed by atoms with Crippen molar-refractivity contribution in [3.05, 3.63) is 0 Å². The summed E-state index contributed by atoms with van der Waals surface area (Å²) in [5.74, 6) is 0.927. The average molecular weight is 197 g/mol. The predicted octanol–water partition coefficient (Wildman–Crippen LogP) is 3.59. The van der Waals surface area contributed by atoms with Crippen molar-refractivity contribution in [2.24, 2.45) is 11.3 Å². The minimum Gasteiger partial charge on any atom is -0.314 e. The zero-order valence-electron chi connectivity index (χ0n) is 10.4. The van der Waals surface area contributed by atoms with Gasteiger partial charge in [-0.15, -0.1) is 0 Å². The number of hydrogen-bond donors (Lipinski definition) is 1. The van der Waals surface area contributed by atoms with Crippen molar-refractivity contribution in [3.63, 3.8) is 0 Å². The molecule has 1 heteroatoms. The van der Waals surface area contributed by atoms with Crippen LogP contribution in [0.4, 0.5) is 0 Å². The highest BCUT2D eigenvalue weighted by Gasteiger charge is 2.42. The summed E-state index contributed by atoms with van der Waals surface area (Å²) in [6, 6.07) is 0.647. The van der Waals surface area contributed by atoms with Gasteiger partial charge in [0, 0.05) is 12.6 Å². The second kappa shape index (κ2) is 5.16. The van der Waals surface area contributed by atoms with Gasteiger partial charge < -0.3 is 5.32 Å². The maximum atomic E-state index is 3.60. The first-order valence-corrected chi connectivity index (χ1v) is 6.31. The van der Waals surface area contributed by atoms with Gasteiger partial charge >= 0.3 is 0 Å². The monoisotopic (exact) mass is 197 g/mol. The zero-order chi connectivity index (χ0) is 10.6. The topological polar surface area (TPSA) is 12.0 Å². The Morgan fingerprint density at radius 3 is 2.29 bits per heavy atom. The normalized spacial score (nSPS) is 21.2. The molecule has 14 heavy (non-hydrogen) atoms. The van der Waals surface area contributed by atoms with Crippen LogP contribution in [-0.4, -0.2) is 12.6 Å². The second-order valence-corrected chi connectivity index (χ2v) is 5.63. The Hall–Kier alpha value is -0.0400. The van der Waals surface area contributed by atoms with Crippen molar-refractivity contribution in [2.75, 3.05) is 6.54 Å². The van der Waals surface area contributed by atoms with E-state index in [9.17, 15) is 0 Å². The highest BCUT2D eigenvalue weighted by atomic mass is 14.9. The van der Waals surface area contributed by atoms with Crippen molar-refractivity contribution < 1.29 is 0 Å². The van der Waals surface area contributed by atoms with E-state index in [1.165, 1.54) is 38.6 Å². The van der Waals surface area contributed by atoms with E-state index in [0.29, 0.717) is 11.5 Å². The van der Waals surface area contributed by atoms with Crippen LogP contribution in [0.2, 0.25) is 0 Å². The fourth-order valence-corrected chi connectivity index (χ4v) is 2.38. The lowest BCUT2D eigenvalue weighted by Crippen LogP contribution is -2.30. The van der Waals surface area contributed by atoms with E-state index >= 15 is 0 Å². The Bertz CT molecular complexity index is 159. The molecule has 0 saturated heterocycles. The number of rotatable bonds is 7. The lowest BCUT2D eigenvalue weighted by atomic mass is 9.90. The van der Waals surface area contributed by atoms with Crippen LogP contribution in [0, 0.1) is 11.3 Å². The van der Waals surface area contributed by atoms with E-state index in [1.807, 2.05) is 0 Å². The molecule has 0 amide bonds. The molecule has 1 fully saturated rings. The average Bonchev–Trinajstić information content (AvgIpc) is 2.83. The molecule has 0 aromatic rings. The van der Waals surface area contributed by atoms with Crippen molar-refractivity contribution >= 4 is 0 Å². The lowest BCUT2D eigenvalue weighted by Gasteiger charge is -2.21. The maximum Gasteiger partial charge on any atom is 0.00106 e. The Morgan fingerprint density at radius 1 is 1.21 bits per heavy atom. The molecule has 1 unspecified atom stereocenters. The van der Waals surface area contributed by atoms with Gasteiger partial charge in [0.05, 0.1) is 0 Å². The molecular weight excluding hydrogens is 170 g/mol. The van der Waals surface area contributed by atoms with Gasteiger partial charge in [0.2, 0.25) is 0 Å². The highest BCUT2D eigenvalue weighted by molar-refractivity contribution is 4.95. The number of hydrogen-bond acceptors (Lipinski definition) is 1. The molecule has 1 aliphatic rings. The maximum absolute atomic E-state index is 3.60. The molecule has 0 spiro atoms. The fraction of sp³-hybridized carbons (Fsp3) is 1.00. The molecule has 0 bridgehead atoms. The van der Waals surface area contributed by atoms with E-state index in [-0.39, 0.29) is 0 Å². The second-order valence-electron chi connectivity index (χ2n) is 5.63. The summed E-state index contributed by atoms with van der Waals surface area (Å²) < 4.78 is 0. The third-order valence-corrected chi connectivity index (χ3v) is 3.41. The van der Waals surface area contributed by atoms with Crippen molar-refractivity contribution in [2.45, 2.75) is 65.8 Å². The molecule has 1 saturated carbocycles. The van der Waals surface area contributed by atoms with Gasteiger partial charge in [0.25, 0.3) is 0 Å². The van der Waals surface area contributed by atoms with E-state index in [1.54, 1.807) is 0 Å². The van der Waals surface area contributed by atoms with Gasteiger partial charge in [-0.05, 0) is 30.6 Å². The van der Waals surface area contributed by atoms with E-state index < -0.39 is 0 Å². The molecule has 0 aliphatic heterocycles. The van der Waals surface area contributed by atoms with Crippen molar-refractivity contribution in [1.29, 1.82) is 0 Å². The van der Waals surface area contributed by atoms with Gasteiger partial charge in [-0.2, -0.15) is 0 Å². The van der Waals surface area contributed by atoms with E-state index in [0.717, 1.165) is 5.92 Å². The minimum absolute atomic E-state index is 0.647.